The second-order valence-corrected chi connectivity index (χ2v) is 5.95. The molecule has 1 N–H and O–H groups in total. The molecule has 0 unspecified atom stereocenters. The van der Waals surface area contributed by atoms with Crippen molar-refractivity contribution in [3.63, 3.8) is 0 Å². The first-order chi connectivity index (χ1) is 11.5. The zero-order chi connectivity index (χ0) is 17.5. The summed E-state index contributed by atoms with van der Waals surface area (Å²) < 4.78 is 12.1. The summed E-state index contributed by atoms with van der Waals surface area (Å²) in [6, 6.07) is 10.6. The molecule has 1 heterocycles. The zero-order valence-corrected chi connectivity index (χ0v) is 14.8. The van der Waals surface area contributed by atoms with Crippen LogP contribution in [0.1, 0.15) is 29.7 Å². The Labute approximate surface area is 148 Å². The molecule has 1 amide bonds. The number of aliphatic carboxylic acids is 1. The molecule has 0 spiro atoms. The third-order valence-electron chi connectivity index (χ3n) is 3.33. The van der Waals surface area contributed by atoms with Gasteiger partial charge in [0.25, 0.3) is 5.91 Å². The van der Waals surface area contributed by atoms with Gasteiger partial charge in [0.15, 0.2) is 5.76 Å². The van der Waals surface area contributed by atoms with Crippen LogP contribution in [0.2, 0.25) is 0 Å². The van der Waals surface area contributed by atoms with Gasteiger partial charge in [0.05, 0.1) is 6.42 Å². The number of halogens is 1. The molecule has 1 aromatic heterocycles. The number of furan rings is 1. The molecule has 1 aromatic carbocycles. The number of carbonyl (C=O) groups excluding carboxylic acids is 1. The molecule has 0 radical (unpaired) electrons. The van der Waals surface area contributed by atoms with Gasteiger partial charge in [-0.1, -0.05) is 15.9 Å². The predicted octanol–water partition coefficient (Wildman–Crippen LogP) is 3.56. The number of nitrogens with zero attached hydrogens (tertiary/aromatic N) is 1. The Morgan fingerprint density at radius 3 is 2.54 bits per heavy atom. The molecule has 24 heavy (non-hydrogen) atoms. The molecule has 128 valence electrons. The van der Waals surface area contributed by atoms with Crippen LogP contribution in [-0.4, -0.2) is 35.0 Å². The minimum Gasteiger partial charge on any atom is -0.486 e. The quantitative estimate of drug-likeness (QED) is 0.738. The summed E-state index contributed by atoms with van der Waals surface area (Å²) in [5, 5.41) is 8.73. The van der Waals surface area contributed by atoms with Crippen LogP contribution in [-0.2, 0) is 11.4 Å². The largest absolute Gasteiger partial charge is 0.486 e. The van der Waals surface area contributed by atoms with E-state index in [1.807, 2.05) is 24.3 Å². The van der Waals surface area contributed by atoms with E-state index < -0.39 is 5.97 Å². The van der Waals surface area contributed by atoms with E-state index in [0.717, 1.165) is 4.47 Å². The number of carboxylic acid groups (broad SMARTS) is 1. The maximum Gasteiger partial charge on any atom is 0.305 e. The topological polar surface area (TPSA) is 80.0 Å². The number of benzene rings is 1. The Morgan fingerprint density at radius 1 is 1.21 bits per heavy atom. The molecule has 0 saturated carbocycles. The normalized spacial score (nSPS) is 10.4. The molecular weight excluding hydrogens is 378 g/mol. The molecular formula is C17H18BrNO5. The van der Waals surface area contributed by atoms with Crippen molar-refractivity contribution in [1.29, 1.82) is 0 Å². The van der Waals surface area contributed by atoms with Gasteiger partial charge >= 0.3 is 5.97 Å². The van der Waals surface area contributed by atoms with Crippen LogP contribution >= 0.6 is 15.9 Å². The number of ether oxygens (including phenoxy) is 1. The molecule has 2 aromatic rings. The van der Waals surface area contributed by atoms with E-state index in [1.54, 1.807) is 19.1 Å². The summed E-state index contributed by atoms with van der Waals surface area (Å²) in [5.74, 6) is 0.129. The summed E-state index contributed by atoms with van der Waals surface area (Å²) in [5.41, 5.74) is 0. The van der Waals surface area contributed by atoms with E-state index >= 15 is 0 Å². The first-order valence-electron chi connectivity index (χ1n) is 7.47. The van der Waals surface area contributed by atoms with Gasteiger partial charge in [0.1, 0.15) is 18.1 Å². The van der Waals surface area contributed by atoms with Crippen LogP contribution < -0.4 is 4.74 Å². The van der Waals surface area contributed by atoms with Gasteiger partial charge in [0, 0.05) is 17.6 Å². The SMILES string of the molecule is CCN(CCC(=O)O)C(=O)c1ccc(COc2ccc(Br)cc2)o1. The van der Waals surface area contributed by atoms with Gasteiger partial charge in [-0.2, -0.15) is 0 Å². The first-order valence-corrected chi connectivity index (χ1v) is 8.27. The lowest BCUT2D eigenvalue weighted by atomic mass is 10.3. The van der Waals surface area contributed by atoms with E-state index in [1.165, 1.54) is 4.90 Å². The summed E-state index contributed by atoms with van der Waals surface area (Å²) in [4.78, 5) is 24.4. The highest BCUT2D eigenvalue weighted by atomic mass is 79.9. The Hall–Kier alpha value is -2.28. The second-order valence-electron chi connectivity index (χ2n) is 5.04. The van der Waals surface area contributed by atoms with Gasteiger partial charge in [-0.15, -0.1) is 0 Å². The van der Waals surface area contributed by atoms with Crippen molar-refractivity contribution in [2.45, 2.75) is 20.0 Å². The molecule has 0 saturated heterocycles. The van der Waals surface area contributed by atoms with E-state index in [4.69, 9.17) is 14.3 Å². The van der Waals surface area contributed by atoms with Crippen LogP contribution in [0.4, 0.5) is 0 Å². The maximum atomic E-state index is 12.3. The monoisotopic (exact) mass is 395 g/mol. The fourth-order valence-corrected chi connectivity index (χ4v) is 2.31. The van der Waals surface area contributed by atoms with Crippen molar-refractivity contribution in [1.82, 2.24) is 4.90 Å². The number of hydrogen-bond donors (Lipinski definition) is 1. The lowest BCUT2D eigenvalue weighted by Crippen LogP contribution is -2.32. The third kappa shape index (κ3) is 5.13. The number of carboxylic acids is 1. The Morgan fingerprint density at radius 2 is 1.92 bits per heavy atom. The minimum atomic E-state index is -0.940. The molecule has 0 aliphatic carbocycles. The van der Waals surface area contributed by atoms with E-state index in [9.17, 15) is 9.59 Å². The van der Waals surface area contributed by atoms with E-state index in [-0.39, 0.29) is 31.2 Å². The molecule has 0 bridgehead atoms. The molecule has 6 nitrogen and oxygen atoms in total. The molecule has 0 aliphatic rings. The summed E-state index contributed by atoms with van der Waals surface area (Å²) in [7, 11) is 0. The number of rotatable bonds is 8. The Balaban J connectivity index is 1.94. The van der Waals surface area contributed by atoms with Crippen LogP contribution in [0.15, 0.2) is 45.3 Å². The highest BCUT2D eigenvalue weighted by Crippen LogP contribution is 2.18. The van der Waals surface area contributed by atoms with E-state index in [0.29, 0.717) is 18.1 Å². The van der Waals surface area contributed by atoms with Crippen LogP contribution in [0.5, 0.6) is 5.75 Å². The average Bonchev–Trinajstić information content (AvgIpc) is 3.03. The summed E-state index contributed by atoms with van der Waals surface area (Å²) in [6.45, 7) is 2.56. The second kappa shape index (κ2) is 8.54. The first kappa shape index (κ1) is 18.1. The molecule has 2 rings (SSSR count). The zero-order valence-electron chi connectivity index (χ0n) is 13.2. The smallest absolute Gasteiger partial charge is 0.305 e. The van der Waals surface area contributed by atoms with Crippen molar-refractivity contribution in [2.24, 2.45) is 0 Å². The fourth-order valence-electron chi connectivity index (χ4n) is 2.05. The lowest BCUT2D eigenvalue weighted by Gasteiger charge is -2.18. The summed E-state index contributed by atoms with van der Waals surface area (Å²) >= 11 is 3.35. The number of hydrogen-bond acceptors (Lipinski definition) is 4. The van der Waals surface area contributed by atoms with Gasteiger partial charge < -0.3 is 19.2 Å². The standard InChI is InChI=1S/C17H18BrNO5/c1-2-19(10-9-16(20)21)17(22)15-8-7-14(24-15)11-23-13-5-3-12(18)4-6-13/h3-8H,2,9-11H2,1H3,(H,20,21). The minimum absolute atomic E-state index is 0.0974. The predicted molar refractivity (Wildman–Crippen MR) is 91.0 cm³/mol. The van der Waals surface area contributed by atoms with Crippen LogP contribution in [0.25, 0.3) is 0 Å². The Kier molecular flexibility index (Phi) is 6.43. The highest BCUT2D eigenvalue weighted by Gasteiger charge is 2.18. The van der Waals surface area contributed by atoms with Crippen LogP contribution in [0.3, 0.4) is 0 Å². The van der Waals surface area contributed by atoms with Crippen molar-refractivity contribution >= 4 is 27.8 Å². The average molecular weight is 396 g/mol. The van der Waals surface area contributed by atoms with E-state index in [2.05, 4.69) is 15.9 Å². The molecule has 0 fully saturated rings. The van der Waals surface area contributed by atoms with Gasteiger partial charge in [-0.3, -0.25) is 9.59 Å². The molecule has 0 aliphatic heterocycles. The fraction of sp³-hybridized carbons (Fsp3) is 0.294. The Bertz CT molecular complexity index is 695. The number of amides is 1. The van der Waals surface area contributed by atoms with Gasteiger partial charge in [-0.25, -0.2) is 0 Å². The lowest BCUT2D eigenvalue weighted by molar-refractivity contribution is -0.137. The van der Waals surface area contributed by atoms with Crippen molar-refractivity contribution in [2.75, 3.05) is 13.1 Å². The van der Waals surface area contributed by atoms with Gasteiger partial charge in [-0.05, 0) is 43.3 Å². The van der Waals surface area contributed by atoms with Crippen LogP contribution in [0, 0.1) is 0 Å². The summed E-state index contributed by atoms with van der Waals surface area (Å²) in [6.07, 6.45) is -0.0974. The third-order valence-corrected chi connectivity index (χ3v) is 3.86. The van der Waals surface area contributed by atoms with Gasteiger partial charge in [0.2, 0.25) is 0 Å². The maximum absolute atomic E-state index is 12.3. The number of carbonyl (C=O) groups is 2. The highest BCUT2D eigenvalue weighted by molar-refractivity contribution is 9.10. The van der Waals surface area contributed by atoms with Crippen molar-refractivity contribution in [3.8, 4) is 5.75 Å². The van der Waals surface area contributed by atoms with Crippen molar-refractivity contribution < 1.29 is 23.8 Å². The van der Waals surface area contributed by atoms with Crippen molar-refractivity contribution in [3.05, 3.63) is 52.4 Å². The molecule has 0 atom stereocenters. The molecule has 7 heteroatoms.